The lowest BCUT2D eigenvalue weighted by atomic mass is 10.1. The van der Waals surface area contributed by atoms with Crippen LogP contribution < -0.4 is 10.6 Å². The number of aryl methyl sites for hydroxylation is 1. The van der Waals surface area contributed by atoms with Crippen molar-refractivity contribution in [3.05, 3.63) is 53.2 Å². The average Bonchev–Trinajstić information content (AvgIpc) is 3.34. The first-order valence-corrected chi connectivity index (χ1v) is 7.70. The molecule has 23 heavy (non-hydrogen) atoms. The fourth-order valence-corrected chi connectivity index (χ4v) is 2.55. The van der Waals surface area contributed by atoms with Gasteiger partial charge in [0, 0.05) is 18.5 Å². The van der Waals surface area contributed by atoms with Gasteiger partial charge in [0.05, 0.1) is 11.3 Å². The molecule has 1 aliphatic carbocycles. The van der Waals surface area contributed by atoms with Crippen LogP contribution in [-0.4, -0.2) is 16.8 Å². The summed E-state index contributed by atoms with van der Waals surface area (Å²) in [7, 11) is 0. The number of aromatic nitrogens is 1. The Morgan fingerprint density at radius 3 is 2.52 bits per heavy atom. The van der Waals surface area contributed by atoms with Gasteiger partial charge in [-0.2, -0.15) is 0 Å². The van der Waals surface area contributed by atoms with E-state index in [2.05, 4.69) is 15.6 Å². The highest BCUT2D eigenvalue weighted by Crippen LogP contribution is 2.40. The van der Waals surface area contributed by atoms with E-state index in [0.29, 0.717) is 23.0 Å². The second kappa shape index (κ2) is 6.20. The van der Waals surface area contributed by atoms with Crippen LogP contribution in [0.4, 0.5) is 11.5 Å². The summed E-state index contributed by atoms with van der Waals surface area (Å²) in [6.45, 7) is 3.45. The number of amides is 2. The predicted octanol–water partition coefficient (Wildman–Crippen LogP) is 3.48. The molecule has 2 amide bonds. The molecule has 1 heterocycles. The van der Waals surface area contributed by atoms with Gasteiger partial charge in [-0.25, -0.2) is 4.98 Å². The molecule has 1 aromatic carbocycles. The fourth-order valence-electron chi connectivity index (χ4n) is 2.55. The van der Waals surface area contributed by atoms with Gasteiger partial charge in [-0.3, -0.25) is 9.59 Å². The molecule has 0 saturated heterocycles. The van der Waals surface area contributed by atoms with Crippen molar-refractivity contribution >= 4 is 23.3 Å². The summed E-state index contributed by atoms with van der Waals surface area (Å²) in [5.74, 6) is 0.570. The number of nitrogens with zero attached hydrogens (tertiary/aromatic N) is 1. The van der Waals surface area contributed by atoms with E-state index in [9.17, 15) is 9.59 Å². The molecule has 0 spiro atoms. The van der Waals surface area contributed by atoms with Crippen LogP contribution in [0.5, 0.6) is 0 Å². The maximum Gasteiger partial charge on any atom is 0.258 e. The third-order valence-corrected chi connectivity index (χ3v) is 3.82. The van der Waals surface area contributed by atoms with Crippen molar-refractivity contribution in [3.63, 3.8) is 0 Å². The van der Waals surface area contributed by atoms with E-state index < -0.39 is 0 Å². The zero-order valence-corrected chi connectivity index (χ0v) is 13.2. The summed E-state index contributed by atoms with van der Waals surface area (Å²) in [6, 6.07) is 10.7. The van der Waals surface area contributed by atoms with Crippen molar-refractivity contribution in [2.75, 3.05) is 10.6 Å². The lowest BCUT2D eigenvalue weighted by Crippen LogP contribution is -2.17. The van der Waals surface area contributed by atoms with Gasteiger partial charge >= 0.3 is 0 Å². The minimum atomic E-state index is -0.285. The zero-order valence-electron chi connectivity index (χ0n) is 13.2. The number of carbonyl (C=O) groups is 2. The first-order chi connectivity index (χ1) is 11.0. The van der Waals surface area contributed by atoms with Crippen LogP contribution in [0.1, 0.15) is 47.3 Å². The minimum Gasteiger partial charge on any atom is -0.326 e. The number of anilines is 2. The van der Waals surface area contributed by atoms with Crippen molar-refractivity contribution in [1.82, 2.24) is 4.98 Å². The average molecular weight is 309 g/mol. The quantitative estimate of drug-likeness (QED) is 0.908. The van der Waals surface area contributed by atoms with Crippen LogP contribution in [0.3, 0.4) is 0 Å². The van der Waals surface area contributed by atoms with E-state index in [1.165, 1.54) is 6.92 Å². The van der Waals surface area contributed by atoms with Gasteiger partial charge in [-0.1, -0.05) is 18.2 Å². The van der Waals surface area contributed by atoms with Crippen molar-refractivity contribution in [2.24, 2.45) is 0 Å². The van der Waals surface area contributed by atoms with Crippen molar-refractivity contribution in [3.8, 4) is 0 Å². The van der Waals surface area contributed by atoms with Crippen LogP contribution >= 0.6 is 0 Å². The van der Waals surface area contributed by atoms with Crippen LogP contribution in [0.2, 0.25) is 0 Å². The minimum absolute atomic E-state index is 0.213. The summed E-state index contributed by atoms with van der Waals surface area (Å²) >= 11 is 0. The molecule has 1 fully saturated rings. The Kier molecular flexibility index (Phi) is 4.10. The first-order valence-electron chi connectivity index (χ1n) is 7.70. The van der Waals surface area contributed by atoms with E-state index in [1.54, 1.807) is 30.3 Å². The summed E-state index contributed by atoms with van der Waals surface area (Å²) in [5.41, 5.74) is 3.13. The van der Waals surface area contributed by atoms with Gasteiger partial charge in [0.2, 0.25) is 5.91 Å². The summed E-state index contributed by atoms with van der Waals surface area (Å²) in [6.07, 6.45) is 2.33. The Labute approximate surface area is 135 Å². The second-order valence-electron chi connectivity index (χ2n) is 5.85. The Balaban J connectivity index is 1.82. The molecule has 5 heteroatoms. The van der Waals surface area contributed by atoms with Crippen molar-refractivity contribution < 1.29 is 9.59 Å². The third-order valence-electron chi connectivity index (χ3n) is 3.82. The van der Waals surface area contributed by atoms with E-state index in [4.69, 9.17) is 0 Å². The smallest absolute Gasteiger partial charge is 0.258 e. The van der Waals surface area contributed by atoms with Gasteiger partial charge in [-0.15, -0.1) is 0 Å². The van der Waals surface area contributed by atoms with E-state index >= 15 is 0 Å². The largest absolute Gasteiger partial charge is 0.326 e. The molecule has 1 aliphatic rings. The third kappa shape index (κ3) is 3.56. The summed E-state index contributed by atoms with van der Waals surface area (Å²) in [5, 5.41) is 5.49. The van der Waals surface area contributed by atoms with Gasteiger partial charge in [0.1, 0.15) is 5.82 Å². The first kappa shape index (κ1) is 15.2. The number of benzene rings is 1. The van der Waals surface area contributed by atoms with Crippen LogP contribution in [0, 0.1) is 6.92 Å². The van der Waals surface area contributed by atoms with E-state index in [0.717, 1.165) is 24.1 Å². The molecule has 2 aromatic rings. The number of rotatable bonds is 4. The number of pyridine rings is 1. The second-order valence-corrected chi connectivity index (χ2v) is 5.85. The highest BCUT2D eigenvalue weighted by atomic mass is 16.2. The molecule has 0 bridgehead atoms. The fraction of sp³-hybridized carbons (Fsp3) is 0.278. The molecular formula is C18H19N3O2. The Morgan fingerprint density at radius 2 is 1.83 bits per heavy atom. The van der Waals surface area contributed by atoms with Gasteiger partial charge in [-0.05, 0) is 43.5 Å². The Bertz CT molecular complexity index is 767. The standard InChI is InChI=1S/C18H19N3O2/c1-11-7-10-16(20-17(11)13-8-9-13)21-18(23)14-5-3-4-6-15(14)19-12(2)22/h3-7,10,13H,8-9H2,1-2H3,(H,19,22)(H,20,21,23). The maximum atomic E-state index is 12.5. The number of hydrogen-bond acceptors (Lipinski definition) is 3. The monoisotopic (exact) mass is 309 g/mol. The summed E-state index contributed by atoms with van der Waals surface area (Å²) < 4.78 is 0. The number of nitrogens with one attached hydrogen (secondary N) is 2. The lowest BCUT2D eigenvalue weighted by Gasteiger charge is -2.11. The Hall–Kier alpha value is -2.69. The molecule has 5 nitrogen and oxygen atoms in total. The molecule has 0 radical (unpaired) electrons. The molecule has 1 aromatic heterocycles. The predicted molar refractivity (Wildman–Crippen MR) is 89.6 cm³/mol. The highest BCUT2D eigenvalue weighted by Gasteiger charge is 2.27. The normalized spacial score (nSPS) is 13.5. The van der Waals surface area contributed by atoms with E-state index in [1.807, 2.05) is 13.0 Å². The molecule has 118 valence electrons. The van der Waals surface area contributed by atoms with Gasteiger partial charge in [0.15, 0.2) is 0 Å². The molecule has 0 unspecified atom stereocenters. The van der Waals surface area contributed by atoms with Gasteiger partial charge in [0.25, 0.3) is 5.91 Å². The van der Waals surface area contributed by atoms with Gasteiger partial charge < -0.3 is 10.6 Å². The SMILES string of the molecule is CC(=O)Nc1ccccc1C(=O)Nc1ccc(C)c(C2CC2)n1. The zero-order chi connectivity index (χ0) is 16.4. The molecule has 0 aliphatic heterocycles. The number of para-hydroxylation sites is 1. The Morgan fingerprint density at radius 1 is 1.09 bits per heavy atom. The number of carbonyl (C=O) groups excluding carboxylic acids is 2. The molecule has 3 rings (SSSR count). The van der Waals surface area contributed by atoms with Crippen molar-refractivity contribution in [1.29, 1.82) is 0 Å². The van der Waals surface area contributed by atoms with E-state index in [-0.39, 0.29) is 11.8 Å². The molecule has 0 atom stereocenters. The molecular weight excluding hydrogens is 290 g/mol. The highest BCUT2D eigenvalue weighted by molar-refractivity contribution is 6.09. The molecule has 2 N–H and O–H groups in total. The van der Waals surface area contributed by atoms with Crippen molar-refractivity contribution in [2.45, 2.75) is 32.6 Å². The van der Waals surface area contributed by atoms with Crippen LogP contribution in [0.15, 0.2) is 36.4 Å². The maximum absolute atomic E-state index is 12.5. The van der Waals surface area contributed by atoms with Crippen LogP contribution in [0.25, 0.3) is 0 Å². The molecule has 1 saturated carbocycles. The number of hydrogen-bond donors (Lipinski definition) is 2. The summed E-state index contributed by atoms with van der Waals surface area (Å²) in [4.78, 5) is 28.3. The van der Waals surface area contributed by atoms with Crippen LogP contribution in [-0.2, 0) is 4.79 Å². The lowest BCUT2D eigenvalue weighted by molar-refractivity contribution is -0.114. The topological polar surface area (TPSA) is 71.1 Å².